The van der Waals surface area contributed by atoms with E-state index >= 15 is 0 Å². The molecule has 2 heterocycles. The normalized spacial score (nSPS) is 22.4. The molecular weight excluding hydrogens is 644 g/mol. The van der Waals surface area contributed by atoms with Crippen molar-refractivity contribution in [1.82, 2.24) is 9.80 Å². The summed E-state index contributed by atoms with van der Waals surface area (Å²) in [5.74, 6) is 1.36. The smallest absolute Gasteiger partial charge is 0.226 e. The number of phenols is 1. The maximum absolute atomic E-state index is 13.6. The molecule has 2 amide bonds. The Morgan fingerprint density at radius 2 is 1.30 bits per heavy atom. The fourth-order valence-corrected chi connectivity index (χ4v) is 9.99. The van der Waals surface area contributed by atoms with Crippen molar-refractivity contribution in [3.8, 4) is 22.6 Å². The van der Waals surface area contributed by atoms with Gasteiger partial charge in [-0.3, -0.25) is 9.59 Å². The maximum Gasteiger partial charge on any atom is 0.226 e. The molecule has 7 heteroatoms. The Morgan fingerprint density at radius 1 is 0.700 bits per heavy atom. The average Bonchev–Trinajstić information content (AvgIpc) is 3.71. The molecule has 1 N–H and O–H groups in total. The number of hydrogen-bond donors (Lipinski definition) is 1. The lowest BCUT2D eigenvalue weighted by Crippen LogP contribution is -2.39. The Morgan fingerprint density at radius 3 is 1.94 bits per heavy atom. The molecule has 2 saturated carbocycles. The first-order chi connectivity index (χ1) is 24.4. The van der Waals surface area contributed by atoms with Crippen molar-refractivity contribution in [2.45, 2.75) is 102 Å². The molecular formula is C43H49ClN2O4. The molecule has 4 aliphatic rings. The van der Waals surface area contributed by atoms with Crippen LogP contribution in [-0.2, 0) is 22.4 Å². The van der Waals surface area contributed by atoms with Gasteiger partial charge in [-0.15, -0.1) is 0 Å². The van der Waals surface area contributed by atoms with Crippen molar-refractivity contribution < 1.29 is 19.4 Å². The van der Waals surface area contributed by atoms with E-state index < -0.39 is 0 Å². The van der Waals surface area contributed by atoms with Crippen LogP contribution in [-0.4, -0.2) is 59.0 Å². The quantitative estimate of drug-likeness (QED) is 0.200. The van der Waals surface area contributed by atoms with Crippen LogP contribution in [0.15, 0.2) is 54.6 Å². The molecule has 2 saturated heterocycles. The molecule has 0 bridgehead atoms. The third-order valence-corrected chi connectivity index (χ3v) is 12.9. The van der Waals surface area contributed by atoms with Gasteiger partial charge in [0.25, 0.3) is 0 Å². The van der Waals surface area contributed by atoms with Gasteiger partial charge in [-0.05, 0) is 103 Å². The lowest BCUT2D eigenvalue weighted by molar-refractivity contribution is -0.134. The first kappa shape index (κ1) is 33.4. The summed E-state index contributed by atoms with van der Waals surface area (Å²) in [6, 6.07) is 19.0. The van der Waals surface area contributed by atoms with E-state index in [0.29, 0.717) is 35.9 Å². The summed E-state index contributed by atoms with van der Waals surface area (Å²) in [5.41, 5.74) is 3.74. The minimum absolute atomic E-state index is 0.0299. The van der Waals surface area contributed by atoms with Gasteiger partial charge < -0.3 is 19.6 Å². The standard InChI is InChI=1S/C43H49ClN2O4/c1-50-39-19-17-35-34(16-14-29(41(35)44)24-30-20-22-45(42(30)48)32-8-4-2-5-9-32)40(39)28-13-12-27-15-18-38(47)37(36(27)25-28)26-31-21-23-46(43(31)49)33-10-6-3-7-11-33/h12-19,25,30-33,47H,2-11,20-24,26H2,1H3. The summed E-state index contributed by atoms with van der Waals surface area (Å²) in [7, 11) is 1.69. The van der Waals surface area contributed by atoms with E-state index in [-0.39, 0.29) is 23.5 Å². The number of likely N-dealkylation sites (tertiary alicyclic amines) is 2. The third-order valence-electron chi connectivity index (χ3n) is 12.4. The summed E-state index contributed by atoms with van der Waals surface area (Å²) >= 11 is 7.19. The van der Waals surface area contributed by atoms with E-state index in [9.17, 15) is 14.7 Å². The van der Waals surface area contributed by atoms with E-state index in [1.807, 2.05) is 18.2 Å². The van der Waals surface area contributed by atoms with Crippen LogP contribution in [0.1, 0.15) is 88.2 Å². The zero-order chi connectivity index (χ0) is 34.4. The number of hydrogen-bond acceptors (Lipinski definition) is 4. The summed E-state index contributed by atoms with van der Waals surface area (Å²) < 4.78 is 5.93. The Bertz CT molecular complexity index is 1930. The van der Waals surface area contributed by atoms with Crippen LogP contribution < -0.4 is 4.74 Å². The highest BCUT2D eigenvalue weighted by Crippen LogP contribution is 2.43. The molecule has 0 spiro atoms. The Labute approximate surface area is 300 Å². The van der Waals surface area contributed by atoms with E-state index in [4.69, 9.17) is 16.3 Å². The highest BCUT2D eigenvalue weighted by Gasteiger charge is 2.38. The van der Waals surface area contributed by atoms with Crippen molar-refractivity contribution in [3.05, 3.63) is 70.7 Å². The molecule has 2 aliphatic heterocycles. The molecule has 4 aromatic carbocycles. The van der Waals surface area contributed by atoms with Crippen LogP contribution in [0.5, 0.6) is 11.5 Å². The van der Waals surface area contributed by atoms with Crippen molar-refractivity contribution in [1.29, 1.82) is 0 Å². The van der Waals surface area contributed by atoms with Crippen molar-refractivity contribution in [3.63, 3.8) is 0 Å². The number of methoxy groups -OCH3 is 1. The number of halogens is 1. The zero-order valence-electron chi connectivity index (χ0n) is 29.3. The van der Waals surface area contributed by atoms with Crippen LogP contribution in [0.4, 0.5) is 0 Å². The second-order valence-electron chi connectivity index (χ2n) is 15.3. The number of amides is 2. The lowest BCUT2D eigenvalue weighted by Gasteiger charge is -2.31. The van der Waals surface area contributed by atoms with Gasteiger partial charge in [0.1, 0.15) is 11.5 Å². The van der Waals surface area contributed by atoms with Crippen molar-refractivity contribution in [2.75, 3.05) is 20.2 Å². The minimum Gasteiger partial charge on any atom is -0.508 e. The van der Waals surface area contributed by atoms with Crippen LogP contribution >= 0.6 is 11.6 Å². The number of carbonyl (C=O) groups excluding carboxylic acids is 2. The predicted octanol–water partition coefficient (Wildman–Crippen LogP) is 9.47. The number of fused-ring (bicyclic) bond motifs is 2. The van der Waals surface area contributed by atoms with Gasteiger partial charge in [0.15, 0.2) is 0 Å². The van der Waals surface area contributed by atoms with Gasteiger partial charge >= 0.3 is 0 Å². The molecule has 0 radical (unpaired) electrons. The van der Waals surface area contributed by atoms with E-state index in [1.165, 1.54) is 38.5 Å². The monoisotopic (exact) mass is 692 g/mol. The Kier molecular flexibility index (Phi) is 9.41. The van der Waals surface area contributed by atoms with E-state index in [1.54, 1.807) is 13.2 Å². The van der Waals surface area contributed by atoms with Gasteiger partial charge in [-0.25, -0.2) is 0 Å². The molecule has 6 nitrogen and oxygen atoms in total. The highest BCUT2D eigenvalue weighted by atomic mass is 35.5. The summed E-state index contributed by atoms with van der Waals surface area (Å²) in [5, 5.41) is 15.8. The summed E-state index contributed by atoms with van der Waals surface area (Å²) in [4.78, 5) is 31.4. The SMILES string of the molecule is COc1ccc2c(Cl)c(CC3CCN(C4CCCCC4)C3=O)ccc2c1-c1ccc2ccc(O)c(CC3CCN(C4CCCCC4)C3=O)c2c1. The van der Waals surface area contributed by atoms with Gasteiger partial charge in [-0.1, -0.05) is 80.5 Å². The first-order valence-corrected chi connectivity index (χ1v) is 19.4. The molecule has 262 valence electrons. The van der Waals surface area contributed by atoms with E-state index in [2.05, 4.69) is 40.1 Å². The largest absolute Gasteiger partial charge is 0.508 e. The van der Waals surface area contributed by atoms with Gasteiger partial charge in [0, 0.05) is 53.5 Å². The molecule has 2 atom stereocenters. The van der Waals surface area contributed by atoms with E-state index in [0.717, 1.165) is 101 Å². The van der Waals surface area contributed by atoms with Gasteiger partial charge in [-0.2, -0.15) is 0 Å². The van der Waals surface area contributed by atoms with Gasteiger partial charge in [0.2, 0.25) is 11.8 Å². The molecule has 50 heavy (non-hydrogen) atoms. The van der Waals surface area contributed by atoms with Crippen LogP contribution in [0.3, 0.4) is 0 Å². The second kappa shape index (κ2) is 14.1. The first-order valence-electron chi connectivity index (χ1n) is 19.0. The molecule has 2 unspecified atom stereocenters. The second-order valence-corrected chi connectivity index (χ2v) is 15.7. The third kappa shape index (κ3) is 6.12. The number of benzene rings is 4. The maximum atomic E-state index is 13.6. The Balaban J connectivity index is 1.10. The summed E-state index contributed by atoms with van der Waals surface area (Å²) in [6.45, 7) is 1.67. The highest BCUT2D eigenvalue weighted by molar-refractivity contribution is 6.37. The fraction of sp³-hybridized carbons (Fsp3) is 0.488. The number of aromatic hydroxyl groups is 1. The van der Waals surface area contributed by atoms with Crippen LogP contribution in [0.2, 0.25) is 5.02 Å². The molecule has 4 aromatic rings. The molecule has 8 rings (SSSR count). The summed E-state index contributed by atoms with van der Waals surface area (Å²) in [6.07, 6.45) is 14.8. The number of rotatable bonds is 8. The Hall–Kier alpha value is -3.77. The van der Waals surface area contributed by atoms with Gasteiger partial charge in [0.05, 0.1) is 12.1 Å². The molecule has 4 fully saturated rings. The topological polar surface area (TPSA) is 70.1 Å². The molecule has 0 aromatic heterocycles. The fourth-order valence-electron chi connectivity index (χ4n) is 9.69. The predicted molar refractivity (Wildman–Crippen MR) is 201 cm³/mol. The van der Waals surface area contributed by atoms with Crippen molar-refractivity contribution >= 4 is 45.0 Å². The molecule has 2 aliphatic carbocycles. The van der Waals surface area contributed by atoms with Crippen LogP contribution in [0.25, 0.3) is 32.7 Å². The number of ether oxygens (including phenoxy) is 1. The number of nitrogens with zero attached hydrogens (tertiary/aromatic N) is 2. The lowest BCUT2D eigenvalue weighted by atomic mass is 9.89. The minimum atomic E-state index is -0.122. The number of carbonyl (C=O) groups is 2. The van der Waals surface area contributed by atoms with Crippen LogP contribution in [0, 0.1) is 11.8 Å². The number of phenolic OH excluding ortho intramolecular Hbond substituents is 1. The zero-order valence-corrected chi connectivity index (χ0v) is 30.0. The average molecular weight is 693 g/mol. The van der Waals surface area contributed by atoms with Crippen molar-refractivity contribution in [2.24, 2.45) is 11.8 Å².